The Labute approximate surface area is 186 Å². The number of benzene rings is 1. The van der Waals surface area contributed by atoms with E-state index in [2.05, 4.69) is 27.1 Å². The molecule has 2 aromatic heterocycles. The van der Waals surface area contributed by atoms with E-state index in [9.17, 15) is 9.18 Å². The van der Waals surface area contributed by atoms with Crippen molar-refractivity contribution >= 4 is 11.7 Å². The molecule has 4 rings (SSSR count). The summed E-state index contributed by atoms with van der Waals surface area (Å²) in [6.45, 7) is 6.01. The number of carbonyl (C=O) groups is 1. The van der Waals surface area contributed by atoms with Gasteiger partial charge in [0.25, 0.3) is 5.91 Å². The van der Waals surface area contributed by atoms with Crippen molar-refractivity contribution in [3.63, 3.8) is 0 Å². The van der Waals surface area contributed by atoms with Crippen LogP contribution in [-0.2, 0) is 6.54 Å². The van der Waals surface area contributed by atoms with Crippen LogP contribution in [-0.4, -0.2) is 53.5 Å². The first-order valence-corrected chi connectivity index (χ1v) is 10.6. The average molecular weight is 436 g/mol. The van der Waals surface area contributed by atoms with Gasteiger partial charge in [-0.15, -0.1) is 0 Å². The summed E-state index contributed by atoms with van der Waals surface area (Å²) in [6, 6.07) is 14.9. The summed E-state index contributed by atoms with van der Waals surface area (Å²) in [5, 5.41) is 3.44. The number of piperazine rings is 1. The van der Waals surface area contributed by atoms with Crippen LogP contribution in [0.1, 0.15) is 23.0 Å². The molecule has 32 heavy (non-hydrogen) atoms. The molecule has 0 spiro atoms. The lowest BCUT2D eigenvalue weighted by Crippen LogP contribution is -2.48. The largest absolute Gasteiger partial charge is 0.439 e. The molecule has 1 aliphatic heterocycles. The van der Waals surface area contributed by atoms with E-state index in [0.29, 0.717) is 17.6 Å². The molecule has 1 amide bonds. The first-order chi connectivity index (χ1) is 15.5. The molecule has 7 nitrogen and oxygen atoms in total. The maximum absolute atomic E-state index is 13.1. The number of pyridine rings is 2. The van der Waals surface area contributed by atoms with E-state index in [1.165, 1.54) is 29.2 Å². The van der Waals surface area contributed by atoms with Crippen LogP contribution in [0.5, 0.6) is 11.6 Å². The van der Waals surface area contributed by atoms with Gasteiger partial charge in [0.1, 0.15) is 23.1 Å². The van der Waals surface area contributed by atoms with E-state index >= 15 is 0 Å². The van der Waals surface area contributed by atoms with E-state index in [1.807, 2.05) is 18.3 Å². The zero-order chi connectivity index (χ0) is 22.5. The van der Waals surface area contributed by atoms with Crippen LogP contribution >= 0.6 is 0 Å². The standard InChI is InChI=1S/C24H26FN5O2/c1-17-15-30(13-12-26-17)16-18-6-11-22(27-14-18)29(2)24(31)21-4-3-5-23(28-21)32-20-9-7-19(25)8-10-20/h3-11,14,17,26H,12-13,15-16H2,1-2H3/t17-/m0/s1. The van der Waals surface area contributed by atoms with Crippen molar-refractivity contribution in [2.24, 2.45) is 0 Å². The van der Waals surface area contributed by atoms with Gasteiger partial charge in [0.05, 0.1) is 0 Å². The third-order valence-electron chi connectivity index (χ3n) is 5.30. The number of anilines is 1. The van der Waals surface area contributed by atoms with E-state index in [-0.39, 0.29) is 23.3 Å². The fourth-order valence-corrected chi connectivity index (χ4v) is 3.61. The number of halogens is 1. The van der Waals surface area contributed by atoms with Gasteiger partial charge in [-0.05, 0) is 48.9 Å². The first kappa shape index (κ1) is 21.9. The van der Waals surface area contributed by atoms with Crippen LogP contribution in [0, 0.1) is 5.82 Å². The highest BCUT2D eigenvalue weighted by atomic mass is 19.1. The van der Waals surface area contributed by atoms with Crippen molar-refractivity contribution in [1.29, 1.82) is 0 Å². The maximum Gasteiger partial charge on any atom is 0.277 e. The molecule has 0 saturated carbocycles. The predicted molar refractivity (Wildman–Crippen MR) is 120 cm³/mol. The van der Waals surface area contributed by atoms with E-state index in [0.717, 1.165) is 31.7 Å². The summed E-state index contributed by atoms with van der Waals surface area (Å²) in [5.41, 5.74) is 1.34. The van der Waals surface area contributed by atoms with Crippen molar-refractivity contribution < 1.29 is 13.9 Å². The highest BCUT2D eigenvalue weighted by molar-refractivity contribution is 6.03. The molecule has 1 aromatic carbocycles. The Hall–Kier alpha value is -3.36. The molecule has 166 valence electrons. The number of aromatic nitrogens is 2. The lowest BCUT2D eigenvalue weighted by atomic mass is 10.2. The Balaban J connectivity index is 1.41. The van der Waals surface area contributed by atoms with Crippen LogP contribution in [0.4, 0.5) is 10.2 Å². The lowest BCUT2D eigenvalue weighted by molar-refractivity contribution is 0.0987. The fourth-order valence-electron chi connectivity index (χ4n) is 3.61. The zero-order valence-electron chi connectivity index (χ0n) is 18.2. The Kier molecular flexibility index (Phi) is 6.72. The first-order valence-electron chi connectivity index (χ1n) is 10.6. The van der Waals surface area contributed by atoms with Gasteiger partial charge in [-0.2, -0.15) is 0 Å². The number of amides is 1. The van der Waals surface area contributed by atoms with Gasteiger partial charge < -0.3 is 10.1 Å². The molecule has 1 fully saturated rings. The molecule has 1 N–H and O–H groups in total. The van der Waals surface area contributed by atoms with E-state index in [1.54, 1.807) is 25.2 Å². The molecule has 0 bridgehead atoms. The quantitative estimate of drug-likeness (QED) is 0.639. The predicted octanol–water partition coefficient (Wildman–Crippen LogP) is 3.48. The van der Waals surface area contributed by atoms with Crippen LogP contribution < -0.4 is 15.0 Å². The summed E-state index contributed by atoms with van der Waals surface area (Å²) >= 11 is 0. The van der Waals surface area contributed by atoms with Crippen molar-refractivity contribution in [1.82, 2.24) is 20.2 Å². The van der Waals surface area contributed by atoms with Gasteiger partial charge in [-0.1, -0.05) is 12.1 Å². The number of hydrogen-bond acceptors (Lipinski definition) is 6. The van der Waals surface area contributed by atoms with Gasteiger partial charge in [0.15, 0.2) is 0 Å². The van der Waals surface area contributed by atoms with Crippen LogP contribution in [0.2, 0.25) is 0 Å². The molecule has 1 aliphatic rings. The van der Waals surface area contributed by atoms with Gasteiger partial charge in [-0.25, -0.2) is 14.4 Å². The molecule has 1 atom stereocenters. The highest BCUT2D eigenvalue weighted by Gasteiger charge is 2.18. The minimum atomic E-state index is -0.350. The van der Waals surface area contributed by atoms with Crippen LogP contribution in [0.25, 0.3) is 0 Å². The molecule has 3 aromatic rings. The second-order valence-corrected chi connectivity index (χ2v) is 7.90. The summed E-state index contributed by atoms with van der Waals surface area (Å²) in [6.07, 6.45) is 1.81. The molecule has 8 heteroatoms. The van der Waals surface area contributed by atoms with Crippen LogP contribution in [0.15, 0.2) is 60.8 Å². The van der Waals surface area contributed by atoms with Crippen molar-refractivity contribution in [2.75, 3.05) is 31.6 Å². The molecular weight excluding hydrogens is 409 g/mol. The van der Waals surface area contributed by atoms with Crippen LogP contribution in [0.3, 0.4) is 0 Å². The number of hydrogen-bond donors (Lipinski definition) is 1. The number of nitrogens with zero attached hydrogens (tertiary/aromatic N) is 4. The second kappa shape index (κ2) is 9.84. The fraction of sp³-hybridized carbons (Fsp3) is 0.292. The summed E-state index contributed by atoms with van der Waals surface area (Å²) in [7, 11) is 1.66. The maximum atomic E-state index is 13.1. The molecule has 0 aliphatic carbocycles. The Morgan fingerprint density at radius 2 is 2.03 bits per heavy atom. The minimum absolute atomic E-state index is 0.229. The van der Waals surface area contributed by atoms with E-state index < -0.39 is 0 Å². The summed E-state index contributed by atoms with van der Waals surface area (Å²) < 4.78 is 18.7. The molecule has 0 unspecified atom stereocenters. The topological polar surface area (TPSA) is 70.6 Å². The minimum Gasteiger partial charge on any atom is -0.439 e. The third-order valence-corrected chi connectivity index (χ3v) is 5.30. The molecule has 1 saturated heterocycles. The van der Waals surface area contributed by atoms with Gasteiger partial charge in [0.2, 0.25) is 5.88 Å². The third kappa shape index (κ3) is 5.46. The Bertz CT molecular complexity index is 1060. The number of nitrogens with one attached hydrogen (secondary N) is 1. The van der Waals surface area contributed by atoms with E-state index in [4.69, 9.17) is 4.74 Å². The molecule has 3 heterocycles. The number of rotatable bonds is 6. The number of ether oxygens (including phenoxy) is 1. The van der Waals surface area contributed by atoms with Gasteiger partial charge in [-0.3, -0.25) is 14.6 Å². The second-order valence-electron chi connectivity index (χ2n) is 7.90. The SMILES string of the molecule is C[C@H]1CN(Cc2ccc(N(C)C(=O)c3cccc(Oc4ccc(F)cc4)n3)nc2)CCN1. The summed E-state index contributed by atoms with van der Waals surface area (Å²) in [4.78, 5) is 25.6. The summed E-state index contributed by atoms with van der Waals surface area (Å²) in [5.74, 6) is 0.583. The smallest absolute Gasteiger partial charge is 0.277 e. The molecule has 0 radical (unpaired) electrons. The average Bonchev–Trinajstić information content (AvgIpc) is 2.80. The van der Waals surface area contributed by atoms with Crippen molar-refractivity contribution in [3.05, 3.63) is 77.9 Å². The lowest BCUT2D eigenvalue weighted by Gasteiger charge is -2.31. The Morgan fingerprint density at radius 3 is 2.75 bits per heavy atom. The van der Waals surface area contributed by atoms with Gasteiger partial charge in [0, 0.05) is 51.5 Å². The Morgan fingerprint density at radius 1 is 1.22 bits per heavy atom. The zero-order valence-corrected chi connectivity index (χ0v) is 18.2. The highest BCUT2D eigenvalue weighted by Crippen LogP contribution is 2.21. The van der Waals surface area contributed by atoms with Crippen molar-refractivity contribution in [2.45, 2.75) is 19.5 Å². The number of carbonyl (C=O) groups excluding carboxylic acids is 1. The van der Waals surface area contributed by atoms with Crippen molar-refractivity contribution in [3.8, 4) is 11.6 Å². The normalized spacial score (nSPS) is 16.5. The van der Waals surface area contributed by atoms with Gasteiger partial charge >= 0.3 is 0 Å². The molecular formula is C24H26FN5O2. The monoisotopic (exact) mass is 435 g/mol.